The van der Waals surface area contributed by atoms with Crippen molar-refractivity contribution in [2.75, 3.05) is 5.32 Å². The first-order valence-electron chi connectivity index (χ1n) is 4.71. The summed E-state index contributed by atoms with van der Waals surface area (Å²) < 4.78 is 0. The van der Waals surface area contributed by atoms with Gasteiger partial charge in [0.2, 0.25) is 0 Å². The average molecular weight is 176 g/mol. The molecule has 2 heterocycles. The van der Waals surface area contributed by atoms with Gasteiger partial charge in [-0.15, -0.1) is 0 Å². The molecule has 0 atom stereocenters. The second-order valence-electron chi connectivity index (χ2n) is 4.58. The Morgan fingerprint density at radius 2 is 2.08 bits per heavy atom. The first kappa shape index (κ1) is 8.42. The van der Waals surface area contributed by atoms with Crippen LogP contribution in [0.3, 0.4) is 0 Å². The quantitative estimate of drug-likeness (QED) is 0.625. The fraction of sp³-hybridized carbons (Fsp3) is 0.455. The van der Waals surface area contributed by atoms with Gasteiger partial charge in [0.15, 0.2) is 0 Å². The van der Waals surface area contributed by atoms with Gasteiger partial charge >= 0.3 is 0 Å². The van der Waals surface area contributed by atoms with Crippen LogP contribution < -0.4 is 5.32 Å². The molecule has 0 saturated heterocycles. The summed E-state index contributed by atoms with van der Waals surface area (Å²) in [5, 5.41) is 3.22. The molecule has 0 radical (unpaired) electrons. The SMILES string of the molecule is CC(C)(C)c1cc2c([nH]1)NC=CC2. The van der Waals surface area contributed by atoms with Crippen molar-refractivity contribution in [1.82, 2.24) is 4.98 Å². The van der Waals surface area contributed by atoms with E-state index in [4.69, 9.17) is 0 Å². The van der Waals surface area contributed by atoms with Crippen LogP contribution in [0.25, 0.3) is 0 Å². The highest BCUT2D eigenvalue weighted by Gasteiger charge is 2.18. The summed E-state index contributed by atoms with van der Waals surface area (Å²) in [6, 6.07) is 2.26. The minimum atomic E-state index is 0.207. The predicted octanol–water partition coefficient (Wildman–Crippen LogP) is 2.79. The number of allylic oxidation sites excluding steroid dienone is 1. The highest BCUT2D eigenvalue weighted by Crippen LogP contribution is 2.28. The Labute approximate surface area is 79.0 Å². The van der Waals surface area contributed by atoms with Crippen LogP contribution in [0.1, 0.15) is 32.0 Å². The van der Waals surface area contributed by atoms with Crippen LogP contribution in [0.15, 0.2) is 18.3 Å². The molecule has 2 N–H and O–H groups in total. The summed E-state index contributed by atoms with van der Waals surface area (Å²) in [4.78, 5) is 3.41. The topological polar surface area (TPSA) is 27.8 Å². The zero-order valence-electron chi connectivity index (χ0n) is 8.44. The molecule has 1 aliphatic heterocycles. The highest BCUT2D eigenvalue weighted by molar-refractivity contribution is 5.53. The third-order valence-corrected chi connectivity index (χ3v) is 2.39. The van der Waals surface area contributed by atoms with E-state index < -0.39 is 0 Å². The van der Waals surface area contributed by atoms with Crippen LogP contribution >= 0.6 is 0 Å². The van der Waals surface area contributed by atoms with E-state index in [1.165, 1.54) is 11.3 Å². The van der Waals surface area contributed by atoms with Crippen LogP contribution in [-0.2, 0) is 11.8 Å². The molecule has 70 valence electrons. The van der Waals surface area contributed by atoms with Crippen LogP contribution in [-0.4, -0.2) is 4.98 Å². The Morgan fingerprint density at radius 1 is 1.31 bits per heavy atom. The Hall–Kier alpha value is -1.18. The fourth-order valence-electron chi connectivity index (χ4n) is 1.52. The maximum atomic E-state index is 3.41. The molecule has 0 unspecified atom stereocenters. The second kappa shape index (κ2) is 2.66. The number of hydrogen-bond acceptors (Lipinski definition) is 1. The van der Waals surface area contributed by atoms with Crippen LogP contribution in [0, 0.1) is 0 Å². The number of nitrogens with one attached hydrogen (secondary N) is 2. The lowest BCUT2D eigenvalue weighted by atomic mass is 9.92. The molecule has 0 bridgehead atoms. The molecule has 0 saturated carbocycles. The summed E-state index contributed by atoms with van der Waals surface area (Å²) in [6.07, 6.45) is 5.17. The van der Waals surface area contributed by atoms with Gasteiger partial charge in [0.1, 0.15) is 5.82 Å². The van der Waals surface area contributed by atoms with Crippen molar-refractivity contribution in [3.63, 3.8) is 0 Å². The largest absolute Gasteiger partial charge is 0.348 e. The molecule has 2 rings (SSSR count). The van der Waals surface area contributed by atoms with E-state index in [9.17, 15) is 0 Å². The van der Waals surface area contributed by atoms with Gasteiger partial charge in [-0.05, 0) is 24.3 Å². The molecule has 13 heavy (non-hydrogen) atoms. The summed E-state index contributed by atoms with van der Waals surface area (Å²) in [5.74, 6) is 1.16. The smallest absolute Gasteiger partial charge is 0.111 e. The summed E-state index contributed by atoms with van der Waals surface area (Å²) >= 11 is 0. The molecule has 1 aliphatic rings. The lowest BCUT2D eigenvalue weighted by Gasteiger charge is -2.15. The van der Waals surface area contributed by atoms with Crippen molar-refractivity contribution in [2.45, 2.75) is 32.6 Å². The molecule has 1 aromatic rings. The Bertz CT molecular complexity index is 314. The third kappa shape index (κ3) is 1.48. The van der Waals surface area contributed by atoms with E-state index in [-0.39, 0.29) is 5.41 Å². The molecule has 0 fully saturated rings. The Kier molecular flexibility index (Phi) is 1.72. The van der Waals surface area contributed by atoms with Crippen molar-refractivity contribution in [3.8, 4) is 0 Å². The van der Waals surface area contributed by atoms with Crippen LogP contribution in [0.5, 0.6) is 0 Å². The fourth-order valence-corrected chi connectivity index (χ4v) is 1.52. The van der Waals surface area contributed by atoms with Crippen molar-refractivity contribution in [1.29, 1.82) is 0 Å². The van der Waals surface area contributed by atoms with Gasteiger partial charge in [0.05, 0.1) is 0 Å². The molecule has 0 spiro atoms. The van der Waals surface area contributed by atoms with Gasteiger partial charge in [-0.1, -0.05) is 26.8 Å². The van der Waals surface area contributed by atoms with E-state index in [0.29, 0.717) is 0 Å². The average Bonchev–Trinajstić information content (AvgIpc) is 2.45. The number of anilines is 1. The van der Waals surface area contributed by atoms with Crippen molar-refractivity contribution in [2.24, 2.45) is 0 Å². The van der Waals surface area contributed by atoms with E-state index in [1.807, 2.05) is 6.20 Å². The lowest BCUT2D eigenvalue weighted by Crippen LogP contribution is -2.11. The van der Waals surface area contributed by atoms with Crippen molar-refractivity contribution in [3.05, 3.63) is 29.6 Å². The highest BCUT2D eigenvalue weighted by atomic mass is 15.0. The lowest BCUT2D eigenvalue weighted by molar-refractivity contribution is 0.573. The van der Waals surface area contributed by atoms with Crippen molar-refractivity contribution >= 4 is 5.82 Å². The first-order chi connectivity index (χ1) is 6.07. The zero-order chi connectivity index (χ0) is 9.47. The zero-order valence-corrected chi connectivity index (χ0v) is 8.44. The number of aromatic nitrogens is 1. The van der Waals surface area contributed by atoms with Gasteiger partial charge in [-0.3, -0.25) is 0 Å². The van der Waals surface area contributed by atoms with E-state index >= 15 is 0 Å². The maximum Gasteiger partial charge on any atom is 0.111 e. The molecule has 2 nitrogen and oxygen atoms in total. The summed E-state index contributed by atoms with van der Waals surface area (Å²) in [5.41, 5.74) is 2.88. The minimum absolute atomic E-state index is 0.207. The molecule has 2 heteroatoms. The Morgan fingerprint density at radius 3 is 2.69 bits per heavy atom. The van der Waals surface area contributed by atoms with Crippen LogP contribution in [0.2, 0.25) is 0 Å². The standard InChI is InChI=1S/C11H16N2/c1-11(2,3)9-7-8-5-4-6-12-10(8)13-9/h4,6-7,12-13H,5H2,1-3H3. The molecule has 0 amide bonds. The Balaban J connectivity index is 2.38. The molecule has 0 aliphatic carbocycles. The van der Waals surface area contributed by atoms with Gasteiger partial charge in [0, 0.05) is 11.1 Å². The van der Waals surface area contributed by atoms with Gasteiger partial charge in [-0.25, -0.2) is 0 Å². The number of rotatable bonds is 0. The normalized spacial score (nSPS) is 15.3. The summed E-state index contributed by atoms with van der Waals surface area (Å²) in [7, 11) is 0. The van der Waals surface area contributed by atoms with Gasteiger partial charge < -0.3 is 10.3 Å². The molecule has 1 aromatic heterocycles. The molecular weight excluding hydrogens is 160 g/mol. The monoisotopic (exact) mass is 176 g/mol. The van der Waals surface area contributed by atoms with Crippen LogP contribution in [0.4, 0.5) is 5.82 Å². The second-order valence-corrected chi connectivity index (χ2v) is 4.58. The number of H-pyrrole nitrogens is 1. The van der Waals surface area contributed by atoms with Crippen molar-refractivity contribution < 1.29 is 0 Å². The third-order valence-electron chi connectivity index (χ3n) is 2.39. The predicted molar refractivity (Wildman–Crippen MR) is 56.0 cm³/mol. The van der Waals surface area contributed by atoms with Gasteiger partial charge in [0.25, 0.3) is 0 Å². The van der Waals surface area contributed by atoms with Gasteiger partial charge in [-0.2, -0.15) is 0 Å². The van der Waals surface area contributed by atoms with E-state index in [2.05, 4.69) is 43.2 Å². The first-order valence-corrected chi connectivity index (χ1v) is 4.71. The van der Waals surface area contributed by atoms with E-state index in [0.717, 1.165) is 12.2 Å². The number of fused-ring (bicyclic) bond motifs is 1. The number of aromatic amines is 1. The van der Waals surface area contributed by atoms with E-state index in [1.54, 1.807) is 0 Å². The number of hydrogen-bond donors (Lipinski definition) is 2. The minimum Gasteiger partial charge on any atom is -0.348 e. The summed E-state index contributed by atoms with van der Waals surface area (Å²) in [6.45, 7) is 6.66. The molecule has 0 aromatic carbocycles. The maximum absolute atomic E-state index is 3.41. The molecular formula is C11H16N2.